The molecule has 0 saturated heterocycles. The van der Waals surface area contributed by atoms with E-state index in [1.807, 2.05) is 63.2 Å². The third-order valence-electron chi connectivity index (χ3n) is 4.46. The third-order valence-corrected chi connectivity index (χ3v) is 5.40. The number of carbonyl (C=O) groups excluding carboxylic acids is 1. The summed E-state index contributed by atoms with van der Waals surface area (Å²) in [6, 6.07) is 15.0. The maximum absolute atomic E-state index is 13.2. The highest BCUT2D eigenvalue weighted by atomic mass is 32.2. The van der Waals surface area contributed by atoms with Gasteiger partial charge in [-0.05, 0) is 51.5 Å². The van der Waals surface area contributed by atoms with Gasteiger partial charge in [-0.25, -0.2) is 4.98 Å². The molecule has 0 radical (unpaired) electrons. The Bertz CT molecular complexity index is 1060. The van der Waals surface area contributed by atoms with Crippen LogP contribution in [0.3, 0.4) is 0 Å². The van der Waals surface area contributed by atoms with Crippen LogP contribution in [0.15, 0.2) is 58.5 Å². The number of hydrogen-bond donors (Lipinski definition) is 1. The Morgan fingerprint density at radius 2 is 1.90 bits per heavy atom. The number of aromatic nitrogens is 2. The zero-order chi connectivity index (χ0) is 21.5. The number of aryl methyl sites for hydroxylation is 1. The highest BCUT2D eigenvalue weighted by molar-refractivity contribution is 7.99. The van der Waals surface area contributed by atoms with Crippen LogP contribution in [-0.2, 0) is 9.53 Å². The van der Waals surface area contributed by atoms with Crippen molar-refractivity contribution in [2.75, 3.05) is 18.9 Å². The lowest BCUT2D eigenvalue weighted by molar-refractivity contribution is -0.118. The molecule has 7 heteroatoms. The molecule has 0 aliphatic heterocycles. The average Bonchev–Trinajstić information content (AvgIpc) is 2.73. The highest BCUT2D eigenvalue weighted by Gasteiger charge is 2.14. The molecule has 30 heavy (non-hydrogen) atoms. The maximum Gasteiger partial charge on any atom is 0.266 e. The van der Waals surface area contributed by atoms with Gasteiger partial charge >= 0.3 is 0 Å². The highest BCUT2D eigenvalue weighted by Crippen LogP contribution is 2.21. The number of benzene rings is 2. The van der Waals surface area contributed by atoms with Crippen LogP contribution in [0.4, 0.5) is 0 Å². The number of para-hydroxylation sites is 1. The van der Waals surface area contributed by atoms with E-state index in [9.17, 15) is 9.59 Å². The van der Waals surface area contributed by atoms with Gasteiger partial charge in [0.15, 0.2) is 5.16 Å². The van der Waals surface area contributed by atoms with Gasteiger partial charge in [-0.15, -0.1) is 0 Å². The number of ether oxygens (including phenoxy) is 1. The Morgan fingerprint density at radius 3 is 2.63 bits per heavy atom. The molecule has 1 amide bonds. The van der Waals surface area contributed by atoms with E-state index >= 15 is 0 Å². The van der Waals surface area contributed by atoms with Crippen LogP contribution in [-0.4, -0.2) is 40.5 Å². The minimum absolute atomic E-state index is 0.0950. The lowest BCUT2D eigenvalue weighted by Gasteiger charge is -2.13. The largest absolute Gasteiger partial charge is 0.379 e. The van der Waals surface area contributed by atoms with Crippen LogP contribution in [0.5, 0.6) is 0 Å². The lowest BCUT2D eigenvalue weighted by Crippen LogP contribution is -2.28. The predicted octanol–water partition coefficient (Wildman–Crippen LogP) is 3.72. The molecule has 3 aromatic rings. The molecule has 0 saturated carbocycles. The molecule has 0 unspecified atom stereocenters. The van der Waals surface area contributed by atoms with Gasteiger partial charge in [-0.1, -0.05) is 41.6 Å². The van der Waals surface area contributed by atoms with Crippen molar-refractivity contribution in [2.45, 2.75) is 38.5 Å². The summed E-state index contributed by atoms with van der Waals surface area (Å²) in [5.41, 5.74) is 2.32. The van der Waals surface area contributed by atoms with E-state index < -0.39 is 0 Å². The Labute approximate surface area is 180 Å². The van der Waals surface area contributed by atoms with Gasteiger partial charge in [0, 0.05) is 13.2 Å². The lowest BCUT2D eigenvalue weighted by atomic mass is 10.2. The van der Waals surface area contributed by atoms with E-state index in [-0.39, 0.29) is 23.3 Å². The van der Waals surface area contributed by atoms with Crippen LogP contribution in [0.25, 0.3) is 16.6 Å². The third kappa shape index (κ3) is 5.70. The van der Waals surface area contributed by atoms with E-state index in [2.05, 4.69) is 10.3 Å². The van der Waals surface area contributed by atoms with Gasteiger partial charge in [0.2, 0.25) is 5.91 Å². The maximum atomic E-state index is 13.2. The van der Waals surface area contributed by atoms with Crippen molar-refractivity contribution in [1.29, 1.82) is 0 Å². The standard InChI is InChI=1S/C23H27N3O3S/c1-16(2)29-14-6-13-24-21(27)15-30-23-25-20-8-5-4-7-19(20)22(28)26(23)18-11-9-17(3)10-12-18/h4-5,7-12,16H,6,13-15H2,1-3H3,(H,24,27). The van der Waals surface area contributed by atoms with Gasteiger partial charge in [-0.3, -0.25) is 14.2 Å². The number of carbonyl (C=O) groups is 1. The number of hydrogen-bond acceptors (Lipinski definition) is 5. The normalized spacial score (nSPS) is 11.2. The van der Waals surface area contributed by atoms with Crippen molar-refractivity contribution in [1.82, 2.24) is 14.9 Å². The zero-order valence-electron chi connectivity index (χ0n) is 17.6. The fourth-order valence-corrected chi connectivity index (χ4v) is 3.77. The Hall–Kier alpha value is -2.64. The predicted molar refractivity (Wildman–Crippen MR) is 122 cm³/mol. The Balaban J connectivity index is 1.77. The fraction of sp³-hybridized carbons (Fsp3) is 0.348. The number of nitrogens with one attached hydrogen (secondary N) is 1. The first-order valence-electron chi connectivity index (χ1n) is 10.1. The molecule has 0 spiro atoms. The van der Waals surface area contributed by atoms with E-state index in [1.54, 1.807) is 10.6 Å². The first-order chi connectivity index (χ1) is 14.5. The zero-order valence-corrected chi connectivity index (χ0v) is 18.4. The molecule has 0 aliphatic rings. The SMILES string of the molecule is Cc1ccc(-n2c(SCC(=O)NCCCOC(C)C)nc3ccccc3c2=O)cc1. The molecule has 6 nitrogen and oxygen atoms in total. The van der Waals surface area contributed by atoms with E-state index in [0.29, 0.717) is 29.2 Å². The number of nitrogens with zero attached hydrogens (tertiary/aromatic N) is 2. The summed E-state index contributed by atoms with van der Waals surface area (Å²) >= 11 is 1.26. The molecule has 1 N–H and O–H groups in total. The fourth-order valence-electron chi connectivity index (χ4n) is 2.93. The molecule has 0 fully saturated rings. The molecule has 1 heterocycles. The summed E-state index contributed by atoms with van der Waals surface area (Å²) in [5, 5.41) is 3.94. The number of thioether (sulfide) groups is 1. The van der Waals surface area contributed by atoms with Crippen molar-refractivity contribution >= 4 is 28.6 Å². The second-order valence-corrected chi connectivity index (χ2v) is 8.24. The summed E-state index contributed by atoms with van der Waals surface area (Å²) in [5.74, 6) is 0.0872. The molecule has 0 atom stereocenters. The van der Waals surface area contributed by atoms with Gasteiger partial charge < -0.3 is 10.1 Å². The van der Waals surface area contributed by atoms with Gasteiger partial charge in [0.1, 0.15) is 0 Å². The van der Waals surface area contributed by atoms with Crippen molar-refractivity contribution < 1.29 is 9.53 Å². The molecule has 158 valence electrons. The van der Waals surface area contributed by atoms with Crippen LogP contribution in [0.2, 0.25) is 0 Å². The van der Waals surface area contributed by atoms with E-state index in [0.717, 1.165) is 17.7 Å². The second kappa shape index (κ2) is 10.4. The summed E-state index contributed by atoms with van der Waals surface area (Å²) in [7, 11) is 0. The van der Waals surface area contributed by atoms with Crippen LogP contribution < -0.4 is 10.9 Å². The van der Waals surface area contributed by atoms with Crippen LogP contribution in [0, 0.1) is 6.92 Å². The molecular formula is C23H27N3O3S. The topological polar surface area (TPSA) is 73.2 Å². The monoisotopic (exact) mass is 425 g/mol. The van der Waals surface area contributed by atoms with Crippen LogP contribution >= 0.6 is 11.8 Å². The van der Waals surface area contributed by atoms with Gasteiger partial charge in [0.05, 0.1) is 28.4 Å². The van der Waals surface area contributed by atoms with Crippen LogP contribution in [0.1, 0.15) is 25.8 Å². The summed E-state index contributed by atoms with van der Waals surface area (Å²) in [6.45, 7) is 7.14. The van der Waals surface area contributed by atoms with E-state index in [1.165, 1.54) is 11.8 Å². The minimum Gasteiger partial charge on any atom is -0.379 e. The van der Waals surface area contributed by atoms with Gasteiger partial charge in [0.25, 0.3) is 5.56 Å². The minimum atomic E-state index is -0.141. The Kier molecular flexibility index (Phi) is 7.65. The number of amides is 1. The molecule has 2 aromatic carbocycles. The second-order valence-electron chi connectivity index (χ2n) is 7.30. The molecular weight excluding hydrogens is 398 g/mol. The molecule has 1 aromatic heterocycles. The number of rotatable bonds is 9. The first-order valence-corrected chi connectivity index (χ1v) is 11.0. The smallest absolute Gasteiger partial charge is 0.266 e. The molecule has 0 bridgehead atoms. The molecule has 3 rings (SSSR count). The van der Waals surface area contributed by atoms with E-state index in [4.69, 9.17) is 4.74 Å². The quantitative estimate of drug-likeness (QED) is 0.321. The summed E-state index contributed by atoms with van der Waals surface area (Å²) in [6.07, 6.45) is 0.949. The average molecular weight is 426 g/mol. The summed E-state index contributed by atoms with van der Waals surface area (Å²) in [4.78, 5) is 30.1. The molecule has 0 aliphatic carbocycles. The number of fused-ring (bicyclic) bond motifs is 1. The van der Waals surface area contributed by atoms with Crippen molar-refractivity contribution in [3.05, 3.63) is 64.4 Å². The Morgan fingerprint density at radius 1 is 1.17 bits per heavy atom. The van der Waals surface area contributed by atoms with Crippen molar-refractivity contribution in [2.24, 2.45) is 0 Å². The summed E-state index contributed by atoms with van der Waals surface area (Å²) < 4.78 is 7.06. The van der Waals surface area contributed by atoms with Gasteiger partial charge in [-0.2, -0.15) is 0 Å². The van der Waals surface area contributed by atoms with Crippen molar-refractivity contribution in [3.63, 3.8) is 0 Å². The van der Waals surface area contributed by atoms with Crippen molar-refractivity contribution in [3.8, 4) is 5.69 Å². The first kappa shape index (κ1) is 22.1.